The molecule has 1 saturated carbocycles. The minimum absolute atomic E-state index is 0.0422. The second-order valence-electron chi connectivity index (χ2n) is 8.46. The molecule has 0 unspecified atom stereocenters. The van der Waals surface area contributed by atoms with Gasteiger partial charge in [0.25, 0.3) is 0 Å². The van der Waals surface area contributed by atoms with Gasteiger partial charge in [-0.25, -0.2) is 4.79 Å². The number of hydrogen-bond acceptors (Lipinski definition) is 2. The van der Waals surface area contributed by atoms with E-state index in [4.69, 9.17) is 0 Å². The Hall–Kier alpha value is -2.04. The molecule has 2 aliphatic heterocycles. The number of carbonyl (C=O) groups is 2. The molecule has 5 nitrogen and oxygen atoms in total. The zero-order valence-electron chi connectivity index (χ0n) is 16.2. The summed E-state index contributed by atoms with van der Waals surface area (Å²) < 4.78 is 0. The zero-order chi connectivity index (χ0) is 18.7. The van der Waals surface area contributed by atoms with Crippen LogP contribution in [-0.4, -0.2) is 54.5 Å². The lowest BCUT2D eigenvalue weighted by molar-refractivity contribution is -0.126. The largest absolute Gasteiger partial charge is 0.355 e. The Bertz CT molecular complexity index is 657. The van der Waals surface area contributed by atoms with Gasteiger partial charge >= 0.3 is 6.03 Å². The zero-order valence-corrected chi connectivity index (χ0v) is 16.2. The Labute approximate surface area is 162 Å². The third-order valence-corrected chi connectivity index (χ3v) is 6.81. The molecule has 2 heterocycles. The van der Waals surface area contributed by atoms with Gasteiger partial charge in [-0.1, -0.05) is 36.8 Å². The molecule has 0 bridgehead atoms. The highest BCUT2D eigenvalue weighted by Gasteiger charge is 2.39. The molecule has 4 rings (SSSR count). The van der Waals surface area contributed by atoms with Crippen molar-refractivity contribution < 1.29 is 9.59 Å². The number of piperidine rings is 1. The van der Waals surface area contributed by atoms with Crippen LogP contribution in [0.3, 0.4) is 0 Å². The maximum absolute atomic E-state index is 12.7. The Balaban J connectivity index is 1.27. The Morgan fingerprint density at radius 2 is 1.56 bits per heavy atom. The molecule has 5 heteroatoms. The van der Waals surface area contributed by atoms with Gasteiger partial charge in [0.15, 0.2) is 0 Å². The van der Waals surface area contributed by atoms with Gasteiger partial charge in [0.1, 0.15) is 0 Å². The van der Waals surface area contributed by atoms with Gasteiger partial charge in [-0.2, -0.15) is 0 Å². The SMILES string of the molecule is O=C(NCC1(c2ccccc2)CCC1)C1CCN(C(=O)N2CCCC2)CC1. The second-order valence-corrected chi connectivity index (χ2v) is 8.46. The van der Waals surface area contributed by atoms with E-state index in [2.05, 4.69) is 29.6 Å². The average Bonchev–Trinajstić information content (AvgIpc) is 3.22. The average molecular weight is 370 g/mol. The maximum atomic E-state index is 12.7. The number of nitrogens with zero attached hydrogens (tertiary/aromatic N) is 2. The van der Waals surface area contributed by atoms with Crippen molar-refractivity contribution in [3.8, 4) is 0 Å². The topological polar surface area (TPSA) is 52.7 Å². The monoisotopic (exact) mass is 369 g/mol. The molecule has 1 aliphatic carbocycles. The van der Waals surface area contributed by atoms with Crippen LogP contribution in [0.15, 0.2) is 30.3 Å². The Kier molecular flexibility index (Phi) is 5.37. The summed E-state index contributed by atoms with van der Waals surface area (Å²) in [6, 6.07) is 10.8. The van der Waals surface area contributed by atoms with Crippen LogP contribution in [0.2, 0.25) is 0 Å². The molecule has 146 valence electrons. The molecule has 1 aromatic rings. The van der Waals surface area contributed by atoms with Crippen LogP contribution in [0.4, 0.5) is 4.79 Å². The highest BCUT2D eigenvalue weighted by atomic mass is 16.2. The first kappa shape index (κ1) is 18.3. The van der Waals surface area contributed by atoms with E-state index < -0.39 is 0 Å². The van der Waals surface area contributed by atoms with E-state index in [1.54, 1.807) is 0 Å². The lowest BCUT2D eigenvalue weighted by atomic mass is 9.64. The molecule has 2 saturated heterocycles. The molecular formula is C22H31N3O2. The number of hydrogen-bond donors (Lipinski definition) is 1. The lowest BCUT2D eigenvalue weighted by Gasteiger charge is -2.43. The third kappa shape index (κ3) is 3.83. The van der Waals surface area contributed by atoms with Crippen molar-refractivity contribution in [3.63, 3.8) is 0 Å². The van der Waals surface area contributed by atoms with Gasteiger partial charge in [0.2, 0.25) is 5.91 Å². The van der Waals surface area contributed by atoms with Crippen LogP contribution in [0, 0.1) is 5.92 Å². The number of carbonyl (C=O) groups excluding carboxylic acids is 2. The first-order valence-corrected chi connectivity index (χ1v) is 10.6. The molecule has 0 atom stereocenters. The molecule has 0 aromatic heterocycles. The summed E-state index contributed by atoms with van der Waals surface area (Å²) in [5, 5.41) is 3.24. The van der Waals surface area contributed by atoms with Gasteiger partial charge in [-0.15, -0.1) is 0 Å². The number of likely N-dealkylation sites (tertiary alicyclic amines) is 2. The van der Waals surface area contributed by atoms with E-state index in [0.29, 0.717) is 13.1 Å². The molecule has 1 aromatic carbocycles. The smallest absolute Gasteiger partial charge is 0.319 e. The van der Waals surface area contributed by atoms with Crippen molar-refractivity contribution in [1.29, 1.82) is 0 Å². The van der Waals surface area contributed by atoms with Crippen molar-refractivity contribution in [2.75, 3.05) is 32.7 Å². The molecular weight excluding hydrogens is 338 g/mol. The molecule has 27 heavy (non-hydrogen) atoms. The van der Waals surface area contributed by atoms with E-state index in [-0.39, 0.29) is 23.3 Å². The Morgan fingerprint density at radius 1 is 0.926 bits per heavy atom. The standard InChI is InChI=1S/C22H31N3O2/c26-20(23-17-22(11-6-12-22)19-7-2-1-3-8-19)18-9-15-25(16-10-18)21(27)24-13-4-5-14-24/h1-3,7-8,18H,4-6,9-17H2,(H,23,26). The molecule has 3 amide bonds. The van der Waals surface area contributed by atoms with Crippen LogP contribution in [-0.2, 0) is 10.2 Å². The fourth-order valence-corrected chi connectivity index (χ4v) is 4.80. The van der Waals surface area contributed by atoms with Crippen molar-refractivity contribution in [3.05, 3.63) is 35.9 Å². The molecule has 1 N–H and O–H groups in total. The van der Waals surface area contributed by atoms with E-state index in [1.165, 1.54) is 12.0 Å². The fraction of sp³-hybridized carbons (Fsp3) is 0.636. The minimum atomic E-state index is 0.0422. The summed E-state index contributed by atoms with van der Waals surface area (Å²) in [5.74, 6) is 0.214. The number of rotatable bonds is 4. The normalized spacial score (nSPS) is 22.4. The number of benzene rings is 1. The summed E-state index contributed by atoms with van der Waals surface area (Å²) >= 11 is 0. The fourth-order valence-electron chi connectivity index (χ4n) is 4.80. The predicted molar refractivity (Wildman–Crippen MR) is 105 cm³/mol. The first-order chi connectivity index (χ1) is 13.2. The van der Waals surface area contributed by atoms with Gasteiger partial charge in [-0.3, -0.25) is 4.79 Å². The molecule has 3 aliphatic rings. The quantitative estimate of drug-likeness (QED) is 0.886. The molecule has 3 fully saturated rings. The van der Waals surface area contributed by atoms with Crippen LogP contribution < -0.4 is 5.32 Å². The maximum Gasteiger partial charge on any atom is 0.319 e. The molecule has 0 spiro atoms. The van der Waals surface area contributed by atoms with Crippen LogP contribution in [0.1, 0.15) is 50.5 Å². The number of amides is 3. The highest BCUT2D eigenvalue weighted by Crippen LogP contribution is 2.43. The molecule has 0 radical (unpaired) electrons. The number of nitrogens with one attached hydrogen (secondary N) is 1. The van der Waals surface area contributed by atoms with E-state index in [9.17, 15) is 9.59 Å². The number of urea groups is 1. The second kappa shape index (κ2) is 7.91. The van der Waals surface area contributed by atoms with Crippen molar-refractivity contribution >= 4 is 11.9 Å². The van der Waals surface area contributed by atoms with Gasteiger partial charge < -0.3 is 15.1 Å². The summed E-state index contributed by atoms with van der Waals surface area (Å²) in [6.45, 7) is 3.93. The summed E-state index contributed by atoms with van der Waals surface area (Å²) in [7, 11) is 0. The summed E-state index contributed by atoms with van der Waals surface area (Å²) in [5.41, 5.74) is 1.48. The van der Waals surface area contributed by atoms with Gasteiger partial charge in [0, 0.05) is 44.1 Å². The summed E-state index contributed by atoms with van der Waals surface area (Å²) in [6.07, 6.45) is 7.34. The van der Waals surface area contributed by atoms with Crippen LogP contribution in [0.5, 0.6) is 0 Å². The minimum Gasteiger partial charge on any atom is -0.355 e. The van der Waals surface area contributed by atoms with Crippen molar-refractivity contribution in [1.82, 2.24) is 15.1 Å². The lowest BCUT2D eigenvalue weighted by Crippen LogP contribution is -2.50. The van der Waals surface area contributed by atoms with Crippen LogP contribution in [0.25, 0.3) is 0 Å². The van der Waals surface area contributed by atoms with Crippen LogP contribution >= 0.6 is 0 Å². The summed E-state index contributed by atoms with van der Waals surface area (Å²) in [4.78, 5) is 29.1. The van der Waals surface area contributed by atoms with E-state index in [0.717, 1.165) is 58.2 Å². The third-order valence-electron chi connectivity index (χ3n) is 6.81. The Morgan fingerprint density at radius 3 is 2.15 bits per heavy atom. The van der Waals surface area contributed by atoms with E-state index in [1.807, 2.05) is 15.9 Å². The highest BCUT2D eigenvalue weighted by molar-refractivity contribution is 5.80. The van der Waals surface area contributed by atoms with Crippen molar-refractivity contribution in [2.45, 2.75) is 50.4 Å². The first-order valence-electron chi connectivity index (χ1n) is 10.6. The predicted octanol–water partition coefficient (Wildman–Crippen LogP) is 3.15. The van der Waals surface area contributed by atoms with Gasteiger partial charge in [-0.05, 0) is 44.1 Å². The van der Waals surface area contributed by atoms with Crippen molar-refractivity contribution in [2.24, 2.45) is 5.92 Å². The van der Waals surface area contributed by atoms with Gasteiger partial charge in [0.05, 0.1) is 0 Å². The van der Waals surface area contributed by atoms with E-state index >= 15 is 0 Å².